The molecule has 4 rings (SSSR count). The average molecular weight is 604 g/mol. The van der Waals surface area contributed by atoms with Gasteiger partial charge in [-0.15, -0.1) is 0 Å². The summed E-state index contributed by atoms with van der Waals surface area (Å²) in [5.41, 5.74) is 1.25. The number of aliphatic hydroxyl groups excluding tert-OH is 4. The lowest BCUT2D eigenvalue weighted by molar-refractivity contribution is -0.277. The van der Waals surface area contributed by atoms with Crippen LogP contribution in [-0.2, 0) is 19.1 Å². The average Bonchev–Trinajstić information content (AvgIpc) is 3.19. The van der Waals surface area contributed by atoms with Crippen molar-refractivity contribution in [2.45, 2.75) is 62.8 Å². The van der Waals surface area contributed by atoms with Crippen molar-refractivity contribution in [1.29, 1.82) is 0 Å². The Hall–Kier alpha value is -3.52. The number of unbranched alkanes of at least 4 members (excludes halogenated alkanes) is 3. The number of hydrogen-bond acceptors (Lipinski definition) is 10. The smallest absolute Gasteiger partial charge is 0.278 e. The van der Waals surface area contributed by atoms with Crippen molar-refractivity contribution < 1.29 is 44.3 Å². The Morgan fingerprint density at radius 1 is 0.881 bits per heavy atom. The normalized spacial score (nSPS) is 24.2. The molecule has 42 heavy (non-hydrogen) atoms. The summed E-state index contributed by atoms with van der Waals surface area (Å²) in [5, 5.41) is 44.7. The van der Waals surface area contributed by atoms with E-state index in [1.165, 1.54) is 0 Å². The van der Waals surface area contributed by atoms with Crippen molar-refractivity contribution in [3.05, 3.63) is 65.3 Å². The Morgan fingerprint density at radius 3 is 2.26 bits per heavy atom. The Balaban J connectivity index is 1.13. The summed E-state index contributed by atoms with van der Waals surface area (Å²) < 4.78 is 10.9. The Kier molecular flexibility index (Phi) is 10.9. The van der Waals surface area contributed by atoms with Gasteiger partial charge in [0, 0.05) is 24.3 Å². The molecule has 0 bridgehead atoms. The maximum absolute atomic E-state index is 12.7. The fraction of sp³-hybridized carbons (Fsp3) is 0.414. The van der Waals surface area contributed by atoms with Crippen LogP contribution in [0.1, 0.15) is 32.1 Å². The maximum atomic E-state index is 12.7. The summed E-state index contributed by atoms with van der Waals surface area (Å²) in [4.78, 5) is 38.6. The van der Waals surface area contributed by atoms with E-state index in [-0.39, 0.29) is 35.4 Å². The van der Waals surface area contributed by atoms with E-state index in [9.17, 15) is 34.8 Å². The SMILES string of the molecule is O=C(CCCCCCN1C(=O)C(Cl)=C(Nc2ccccc2)C1=O)Nc1ccc(O[C@@H]2O[C@H](CO)[C@H](O)[C@H](O)[C@H]2O)cc1. The second-order valence-electron chi connectivity index (χ2n) is 9.99. The molecule has 226 valence electrons. The molecule has 5 atom stereocenters. The van der Waals surface area contributed by atoms with Crippen LogP contribution in [0.2, 0.25) is 0 Å². The zero-order valence-electron chi connectivity index (χ0n) is 22.7. The quantitative estimate of drug-likeness (QED) is 0.146. The molecule has 0 aromatic heterocycles. The second kappa shape index (κ2) is 14.6. The number of rotatable bonds is 13. The molecule has 13 heteroatoms. The third-order valence-electron chi connectivity index (χ3n) is 6.93. The van der Waals surface area contributed by atoms with Gasteiger partial charge in [-0.3, -0.25) is 19.3 Å². The zero-order chi connectivity index (χ0) is 30.2. The van der Waals surface area contributed by atoms with Crippen LogP contribution in [0.5, 0.6) is 5.75 Å². The monoisotopic (exact) mass is 603 g/mol. The van der Waals surface area contributed by atoms with Gasteiger partial charge < -0.3 is 40.5 Å². The highest BCUT2D eigenvalue weighted by Gasteiger charge is 2.44. The van der Waals surface area contributed by atoms with Crippen molar-refractivity contribution in [1.82, 2.24) is 4.90 Å². The summed E-state index contributed by atoms with van der Waals surface area (Å²) in [6.07, 6.45) is -4.01. The minimum atomic E-state index is -1.55. The van der Waals surface area contributed by atoms with Gasteiger partial charge in [0.15, 0.2) is 0 Å². The molecule has 1 fully saturated rings. The second-order valence-corrected chi connectivity index (χ2v) is 10.4. The molecule has 2 heterocycles. The van der Waals surface area contributed by atoms with Gasteiger partial charge in [-0.1, -0.05) is 42.6 Å². The van der Waals surface area contributed by atoms with Crippen LogP contribution >= 0.6 is 11.6 Å². The number of aliphatic hydroxyl groups is 4. The summed E-state index contributed by atoms with van der Waals surface area (Å²) in [5.74, 6) is -0.885. The predicted octanol–water partition coefficient (Wildman–Crippen LogP) is 1.69. The van der Waals surface area contributed by atoms with Crippen molar-refractivity contribution in [3.8, 4) is 5.75 Å². The fourth-order valence-electron chi connectivity index (χ4n) is 4.57. The molecule has 2 aromatic rings. The minimum absolute atomic E-state index is 0.0676. The minimum Gasteiger partial charge on any atom is -0.462 e. The summed E-state index contributed by atoms with van der Waals surface area (Å²) >= 11 is 6.12. The molecule has 6 N–H and O–H groups in total. The third-order valence-corrected chi connectivity index (χ3v) is 7.28. The standard InChI is InChI=1S/C29H34ClN3O9/c30-22-23(32-17-8-4-3-5-9-17)28(40)33(27(22)39)15-7-2-1-6-10-21(35)31-18-11-13-19(14-12-18)41-29-26(38)25(37)24(36)20(16-34)42-29/h3-5,8-9,11-14,20,24-26,29,32,34,36-38H,1-2,6-7,10,15-16H2,(H,31,35)/t20-,24+,25+,26-,29-/m1/s1. The molecular weight excluding hydrogens is 570 g/mol. The van der Waals surface area contributed by atoms with E-state index in [0.717, 1.165) is 11.3 Å². The number of carbonyl (C=O) groups excluding carboxylic acids is 3. The van der Waals surface area contributed by atoms with Crippen LogP contribution in [0.4, 0.5) is 11.4 Å². The fourth-order valence-corrected chi connectivity index (χ4v) is 4.80. The summed E-state index contributed by atoms with van der Waals surface area (Å²) in [6, 6.07) is 15.3. The van der Waals surface area contributed by atoms with E-state index < -0.39 is 49.1 Å². The maximum Gasteiger partial charge on any atom is 0.278 e. The van der Waals surface area contributed by atoms with Crippen molar-refractivity contribution >= 4 is 40.7 Å². The number of anilines is 2. The van der Waals surface area contributed by atoms with Gasteiger partial charge in [0.1, 0.15) is 40.9 Å². The van der Waals surface area contributed by atoms with Crippen LogP contribution in [0, 0.1) is 0 Å². The molecule has 1 saturated heterocycles. The Bertz CT molecular complexity index is 1270. The molecule has 0 saturated carbocycles. The molecule has 0 aliphatic carbocycles. The van der Waals surface area contributed by atoms with E-state index in [4.69, 9.17) is 21.1 Å². The summed E-state index contributed by atoms with van der Waals surface area (Å²) in [6.45, 7) is -0.328. The molecule has 12 nitrogen and oxygen atoms in total. The highest BCUT2D eigenvalue weighted by Crippen LogP contribution is 2.27. The largest absolute Gasteiger partial charge is 0.462 e. The highest BCUT2D eigenvalue weighted by molar-refractivity contribution is 6.48. The Morgan fingerprint density at radius 2 is 1.57 bits per heavy atom. The van der Waals surface area contributed by atoms with Crippen LogP contribution in [0.25, 0.3) is 0 Å². The van der Waals surface area contributed by atoms with Crippen molar-refractivity contribution in [2.75, 3.05) is 23.8 Å². The van der Waals surface area contributed by atoms with Gasteiger partial charge in [-0.2, -0.15) is 0 Å². The van der Waals surface area contributed by atoms with Gasteiger partial charge in [0.2, 0.25) is 12.2 Å². The lowest BCUT2D eigenvalue weighted by Crippen LogP contribution is -2.60. The first-order chi connectivity index (χ1) is 20.2. The van der Waals surface area contributed by atoms with Gasteiger partial charge in [0.25, 0.3) is 11.8 Å². The molecule has 2 aliphatic heterocycles. The number of para-hydroxylation sites is 1. The number of ether oxygens (including phenoxy) is 2. The molecule has 0 radical (unpaired) electrons. The molecule has 0 unspecified atom stereocenters. The highest BCUT2D eigenvalue weighted by atomic mass is 35.5. The zero-order valence-corrected chi connectivity index (χ0v) is 23.4. The first kappa shape index (κ1) is 31.4. The number of halogens is 1. The van der Waals surface area contributed by atoms with Crippen molar-refractivity contribution in [2.24, 2.45) is 0 Å². The van der Waals surface area contributed by atoms with Gasteiger partial charge in [0.05, 0.1) is 6.61 Å². The number of carbonyl (C=O) groups is 3. The third kappa shape index (κ3) is 7.65. The van der Waals surface area contributed by atoms with E-state index in [1.54, 1.807) is 48.5 Å². The molecule has 2 aromatic carbocycles. The van der Waals surface area contributed by atoms with Gasteiger partial charge >= 0.3 is 0 Å². The van der Waals surface area contributed by atoms with E-state index in [2.05, 4.69) is 10.6 Å². The lowest BCUT2D eigenvalue weighted by atomic mass is 9.99. The topological polar surface area (TPSA) is 178 Å². The molecule has 0 spiro atoms. The first-order valence-corrected chi connectivity index (χ1v) is 14.0. The van der Waals surface area contributed by atoms with E-state index >= 15 is 0 Å². The number of nitrogens with one attached hydrogen (secondary N) is 2. The Labute approximate surface area is 247 Å². The van der Waals surface area contributed by atoms with Crippen LogP contribution < -0.4 is 15.4 Å². The van der Waals surface area contributed by atoms with Gasteiger partial charge in [-0.05, 0) is 49.2 Å². The first-order valence-electron chi connectivity index (χ1n) is 13.6. The summed E-state index contributed by atoms with van der Waals surface area (Å²) in [7, 11) is 0. The van der Waals surface area contributed by atoms with Gasteiger partial charge in [-0.25, -0.2) is 0 Å². The molecule has 3 amide bonds. The van der Waals surface area contributed by atoms with E-state index in [1.807, 2.05) is 6.07 Å². The van der Waals surface area contributed by atoms with Crippen LogP contribution in [0.15, 0.2) is 65.3 Å². The number of imide groups is 1. The predicted molar refractivity (Wildman–Crippen MR) is 152 cm³/mol. The molecule has 2 aliphatic rings. The van der Waals surface area contributed by atoms with E-state index in [0.29, 0.717) is 30.6 Å². The number of amides is 3. The van der Waals surface area contributed by atoms with Crippen LogP contribution in [-0.4, -0.2) is 86.9 Å². The molecular formula is C29H34ClN3O9. The van der Waals surface area contributed by atoms with Crippen molar-refractivity contribution in [3.63, 3.8) is 0 Å². The number of benzene rings is 2. The van der Waals surface area contributed by atoms with Crippen LogP contribution in [0.3, 0.4) is 0 Å². The lowest BCUT2D eigenvalue weighted by Gasteiger charge is -2.39. The number of hydrogen-bond donors (Lipinski definition) is 6. The number of nitrogens with zero attached hydrogens (tertiary/aromatic N) is 1.